The summed E-state index contributed by atoms with van der Waals surface area (Å²) >= 11 is 0. The fourth-order valence-corrected chi connectivity index (χ4v) is 0.927. The largest absolute Gasteiger partial charge is 0.481 e. The van der Waals surface area contributed by atoms with Crippen LogP contribution in [0.3, 0.4) is 0 Å². The van der Waals surface area contributed by atoms with Crippen LogP contribution in [-0.2, 0) is 11.3 Å². The lowest BCUT2D eigenvalue weighted by Gasteiger charge is -2.07. The quantitative estimate of drug-likeness (QED) is 0.729. The molecule has 1 N–H and O–H groups in total. The van der Waals surface area contributed by atoms with E-state index < -0.39 is 5.97 Å². The number of carbonyl (C=O) groups is 1. The number of hydrogen-bond acceptors (Lipinski definition) is 2. The van der Waals surface area contributed by atoms with Crippen LogP contribution in [0, 0.1) is 12.8 Å². The van der Waals surface area contributed by atoms with Gasteiger partial charge in [-0.15, -0.1) is 0 Å². The van der Waals surface area contributed by atoms with Crippen molar-refractivity contribution < 1.29 is 9.90 Å². The van der Waals surface area contributed by atoms with Crippen LogP contribution in [0.5, 0.6) is 0 Å². The predicted octanol–water partition coefficient (Wildman–Crippen LogP) is 0.912. The molecule has 0 aliphatic carbocycles. The maximum atomic E-state index is 10.5. The second kappa shape index (κ2) is 3.38. The van der Waals surface area contributed by atoms with Gasteiger partial charge in [0.15, 0.2) is 0 Å². The van der Waals surface area contributed by atoms with Gasteiger partial charge in [-0.3, -0.25) is 9.48 Å². The number of hydrogen-bond donors (Lipinski definition) is 1. The summed E-state index contributed by atoms with van der Waals surface area (Å²) in [5, 5.41) is 12.6. The van der Waals surface area contributed by atoms with Gasteiger partial charge in [0.1, 0.15) is 0 Å². The molecule has 1 heterocycles. The van der Waals surface area contributed by atoms with Crippen LogP contribution in [0.25, 0.3) is 0 Å². The van der Waals surface area contributed by atoms with Crippen molar-refractivity contribution in [3.63, 3.8) is 0 Å². The molecular formula is C8H12N2O2. The van der Waals surface area contributed by atoms with Gasteiger partial charge in [0.25, 0.3) is 0 Å². The first-order valence-electron chi connectivity index (χ1n) is 3.82. The van der Waals surface area contributed by atoms with E-state index in [0.717, 1.165) is 5.69 Å². The predicted molar refractivity (Wildman–Crippen MR) is 43.8 cm³/mol. The van der Waals surface area contributed by atoms with E-state index in [1.807, 2.05) is 13.0 Å². The SMILES string of the molecule is Cc1ccnn1C[C@@H](C)C(=O)O. The highest BCUT2D eigenvalue weighted by Crippen LogP contribution is 2.02. The maximum Gasteiger partial charge on any atom is 0.308 e. The molecule has 4 heteroatoms. The van der Waals surface area contributed by atoms with Crippen molar-refractivity contribution in [2.75, 3.05) is 0 Å². The number of nitrogens with zero attached hydrogens (tertiary/aromatic N) is 2. The Morgan fingerprint density at radius 2 is 2.50 bits per heavy atom. The van der Waals surface area contributed by atoms with E-state index >= 15 is 0 Å². The van der Waals surface area contributed by atoms with E-state index in [-0.39, 0.29) is 5.92 Å². The molecule has 0 amide bonds. The Labute approximate surface area is 70.8 Å². The molecule has 0 fully saturated rings. The second-order valence-corrected chi connectivity index (χ2v) is 2.89. The van der Waals surface area contributed by atoms with Gasteiger partial charge in [-0.05, 0) is 13.0 Å². The Hall–Kier alpha value is -1.32. The number of rotatable bonds is 3. The van der Waals surface area contributed by atoms with Crippen LogP contribution in [0.15, 0.2) is 12.3 Å². The first kappa shape index (κ1) is 8.77. The van der Waals surface area contributed by atoms with Gasteiger partial charge in [0.05, 0.1) is 12.5 Å². The van der Waals surface area contributed by atoms with Gasteiger partial charge in [0, 0.05) is 11.9 Å². The van der Waals surface area contributed by atoms with E-state index in [9.17, 15) is 4.79 Å². The minimum absolute atomic E-state index is 0.386. The molecule has 4 nitrogen and oxygen atoms in total. The van der Waals surface area contributed by atoms with Gasteiger partial charge in [-0.1, -0.05) is 6.92 Å². The fourth-order valence-electron chi connectivity index (χ4n) is 0.927. The first-order valence-corrected chi connectivity index (χ1v) is 3.82. The number of carboxylic acid groups (broad SMARTS) is 1. The molecular weight excluding hydrogens is 156 g/mol. The molecule has 12 heavy (non-hydrogen) atoms. The average Bonchev–Trinajstić information content (AvgIpc) is 2.36. The smallest absolute Gasteiger partial charge is 0.308 e. The summed E-state index contributed by atoms with van der Waals surface area (Å²) in [7, 11) is 0. The Bertz CT molecular complexity index is 280. The molecule has 0 unspecified atom stereocenters. The van der Waals surface area contributed by atoms with Crippen molar-refractivity contribution in [1.29, 1.82) is 0 Å². The Balaban J connectivity index is 2.64. The molecule has 0 saturated carbocycles. The van der Waals surface area contributed by atoms with Crippen molar-refractivity contribution in [1.82, 2.24) is 9.78 Å². The van der Waals surface area contributed by atoms with Crippen molar-refractivity contribution >= 4 is 5.97 Å². The Kier molecular flexibility index (Phi) is 2.47. The van der Waals surface area contributed by atoms with Gasteiger partial charge < -0.3 is 5.11 Å². The first-order chi connectivity index (χ1) is 5.61. The summed E-state index contributed by atoms with van der Waals surface area (Å²) in [5.74, 6) is -1.17. The molecule has 1 atom stereocenters. The van der Waals surface area contributed by atoms with Crippen molar-refractivity contribution in [3.05, 3.63) is 18.0 Å². The third-order valence-electron chi connectivity index (χ3n) is 1.80. The number of aromatic nitrogens is 2. The summed E-state index contributed by atoms with van der Waals surface area (Å²) < 4.78 is 1.69. The lowest BCUT2D eigenvalue weighted by molar-refractivity contribution is -0.141. The molecule has 66 valence electrons. The third-order valence-corrected chi connectivity index (χ3v) is 1.80. The lowest BCUT2D eigenvalue weighted by atomic mass is 10.2. The number of aliphatic carboxylic acids is 1. The topological polar surface area (TPSA) is 55.1 Å². The highest BCUT2D eigenvalue weighted by atomic mass is 16.4. The molecule has 0 aromatic carbocycles. The van der Waals surface area contributed by atoms with Gasteiger partial charge in [-0.2, -0.15) is 5.10 Å². The van der Waals surface area contributed by atoms with E-state index in [0.29, 0.717) is 6.54 Å². The Morgan fingerprint density at radius 3 is 2.92 bits per heavy atom. The van der Waals surface area contributed by atoms with Crippen LogP contribution in [0.2, 0.25) is 0 Å². The summed E-state index contributed by atoms with van der Waals surface area (Å²) in [6.07, 6.45) is 1.67. The molecule has 0 aliphatic heterocycles. The fraction of sp³-hybridized carbons (Fsp3) is 0.500. The normalized spacial score (nSPS) is 12.8. The van der Waals surface area contributed by atoms with E-state index in [1.165, 1.54) is 0 Å². The van der Waals surface area contributed by atoms with Gasteiger partial charge in [0.2, 0.25) is 0 Å². The average molecular weight is 168 g/mol. The third kappa shape index (κ3) is 1.84. The van der Waals surface area contributed by atoms with Crippen molar-refractivity contribution in [3.8, 4) is 0 Å². The monoisotopic (exact) mass is 168 g/mol. The van der Waals surface area contributed by atoms with Crippen LogP contribution < -0.4 is 0 Å². The van der Waals surface area contributed by atoms with Crippen molar-refractivity contribution in [2.24, 2.45) is 5.92 Å². The minimum atomic E-state index is -0.787. The second-order valence-electron chi connectivity index (χ2n) is 2.89. The summed E-state index contributed by atoms with van der Waals surface area (Å²) in [4.78, 5) is 10.5. The summed E-state index contributed by atoms with van der Waals surface area (Å²) in [6.45, 7) is 4.01. The van der Waals surface area contributed by atoms with E-state index in [4.69, 9.17) is 5.11 Å². The van der Waals surface area contributed by atoms with Gasteiger partial charge >= 0.3 is 5.97 Å². The maximum absolute atomic E-state index is 10.5. The zero-order valence-corrected chi connectivity index (χ0v) is 7.19. The molecule has 1 aromatic rings. The van der Waals surface area contributed by atoms with E-state index in [2.05, 4.69) is 5.10 Å². The standard InChI is InChI=1S/C8H12N2O2/c1-6(8(11)12)5-10-7(2)3-4-9-10/h3-4,6H,5H2,1-2H3,(H,11,12)/t6-/m1/s1. The number of aryl methyl sites for hydroxylation is 1. The summed E-state index contributed by atoms with van der Waals surface area (Å²) in [6, 6.07) is 1.86. The highest BCUT2D eigenvalue weighted by Gasteiger charge is 2.12. The molecule has 0 saturated heterocycles. The lowest BCUT2D eigenvalue weighted by Crippen LogP contribution is -2.18. The molecule has 1 aromatic heterocycles. The van der Waals surface area contributed by atoms with Crippen LogP contribution in [0.4, 0.5) is 0 Å². The molecule has 1 rings (SSSR count). The highest BCUT2D eigenvalue weighted by molar-refractivity contribution is 5.69. The minimum Gasteiger partial charge on any atom is -0.481 e. The van der Waals surface area contributed by atoms with Crippen LogP contribution in [0.1, 0.15) is 12.6 Å². The van der Waals surface area contributed by atoms with Gasteiger partial charge in [-0.25, -0.2) is 0 Å². The van der Waals surface area contributed by atoms with E-state index in [1.54, 1.807) is 17.8 Å². The molecule has 0 radical (unpaired) electrons. The van der Waals surface area contributed by atoms with Crippen molar-refractivity contribution in [2.45, 2.75) is 20.4 Å². The Morgan fingerprint density at radius 1 is 1.83 bits per heavy atom. The summed E-state index contributed by atoms with van der Waals surface area (Å²) in [5.41, 5.74) is 0.989. The molecule has 0 spiro atoms. The molecule has 0 bridgehead atoms. The van der Waals surface area contributed by atoms with Crippen LogP contribution in [-0.4, -0.2) is 20.9 Å². The molecule has 0 aliphatic rings. The van der Waals surface area contributed by atoms with Crippen LogP contribution >= 0.6 is 0 Å². The zero-order chi connectivity index (χ0) is 9.14. The zero-order valence-electron chi connectivity index (χ0n) is 7.19. The number of carboxylic acids is 1.